The Bertz CT molecular complexity index is 1060. The van der Waals surface area contributed by atoms with Crippen molar-refractivity contribution in [3.8, 4) is 11.4 Å². The maximum atomic E-state index is 13.4. The van der Waals surface area contributed by atoms with E-state index in [4.69, 9.17) is 4.74 Å². The number of aromatic nitrogens is 3. The molecule has 168 valence electrons. The Morgan fingerprint density at radius 2 is 2.06 bits per heavy atom. The minimum atomic E-state index is -0.299. The molecule has 32 heavy (non-hydrogen) atoms. The fourth-order valence-corrected chi connectivity index (χ4v) is 4.42. The maximum Gasteiger partial charge on any atom is 0.234 e. The minimum absolute atomic E-state index is 0.0807. The molecule has 2 heterocycles. The lowest BCUT2D eigenvalue weighted by Gasteiger charge is -2.15. The van der Waals surface area contributed by atoms with Crippen LogP contribution < -0.4 is 5.32 Å². The van der Waals surface area contributed by atoms with Crippen LogP contribution in [-0.4, -0.2) is 39.1 Å². The summed E-state index contributed by atoms with van der Waals surface area (Å²) >= 11 is 1.33. The van der Waals surface area contributed by atoms with Crippen LogP contribution in [0.15, 0.2) is 53.7 Å². The number of nitrogens with zero attached hydrogens (tertiary/aromatic N) is 3. The summed E-state index contributed by atoms with van der Waals surface area (Å²) in [7, 11) is 0. The van der Waals surface area contributed by atoms with E-state index in [0.29, 0.717) is 23.4 Å². The molecule has 6 nitrogen and oxygen atoms in total. The number of ether oxygens (including phenoxy) is 1. The maximum absolute atomic E-state index is 13.4. The Balaban J connectivity index is 1.48. The van der Waals surface area contributed by atoms with Crippen LogP contribution >= 0.6 is 11.8 Å². The van der Waals surface area contributed by atoms with E-state index >= 15 is 0 Å². The molecule has 1 aliphatic heterocycles. The second kappa shape index (κ2) is 10.3. The summed E-state index contributed by atoms with van der Waals surface area (Å²) in [5.41, 5.74) is 2.74. The normalized spacial score (nSPS) is 15.9. The number of nitrogens with one attached hydrogen (secondary N) is 1. The first-order chi connectivity index (χ1) is 15.5. The number of rotatable bonds is 8. The van der Waals surface area contributed by atoms with Gasteiger partial charge < -0.3 is 10.1 Å². The Kier molecular flexibility index (Phi) is 7.22. The number of halogens is 1. The highest BCUT2D eigenvalue weighted by Gasteiger charge is 2.22. The van der Waals surface area contributed by atoms with Crippen molar-refractivity contribution in [2.75, 3.05) is 17.7 Å². The summed E-state index contributed by atoms with van der Waals surface area (Å²) in [6.45, 7) is 5.59. The summed E-state index contributed by atoms with van der Waals surface area (Å²) in [4.78, 5) is 12.6. The number of hydrogen-bond acceptors (Lipinski definition) is 5. The molecular formula is C24H27FN4O2S. The number of amides is 1. The Morgan fingerprint density at radius 3 is 2.78 bits per heavy atom. The molecule has 0 radical (unpaired) electrons. The van der Waals surface area contributed by atoms with Gasteiger partial charge in [-0.1, -0.05) is 37.7 Å². The zero-order chi connectivity index (χ0) is 22.5. The third kappa shape index (κ3) is 5.55. The summed E-state index contributed by atoms with van der Waals surface area (Å²) in [5.74, 6) is 0.840. The molecule has 3 aromatic rings. The van der Waals surface area contributed by atoms with Crippen LogP contribution in [0.1, 0.15) is 38.2 Å². The molecular weight excluding hydrogens is 427 g/mol. The van der Waals surface area contributed by atoms with Gasteiger partial charge in [0.2, 0.25) is 5.91 Å². The second-order valence-corrected chi connectivity index (χ2v) is 9.12. The molecule has 1 fully saturated rings. The average Bonchev–Trinajstić information content (AvgIpc) is 3.44. The van der Waals surface area contributed by atoms with E-state index < -0.39 is 0 Å². The van der Waals surface area contributed by atoms with Gasteiger partial charge in [0.05, 0.1) is 18.4 Å². The number of carbonyl (C=O) groups is 1. The zero-order valence-electron chi connectivity index (χ0n) is 18.3. The summed E-state index contributed by atoms with van der Waals surface area (Å²) in [6, 6.07) is 14.1. The zero-order valence-corrected chi connectivity index (χ0v) is 19.1. The van der Waals surface area contributed by atoms with Crippen molar-refractivity contribution in [3.05, 3.63) is 59.9 Å². The van der Waals surface area contributed by atoms with E-state index in [2.05, 4.69) is 35.4 Å². The van der Waals surface area contributed by atoms with Crippen LogP contribution in [0.4, 0.5) is 10.1 Å². The molecule has 8 heteroatoms. The van der Waals surface area contributed by atoms with Crippen molar-refractivity contribution in [3.63, 3.8) is 0 Å². The smallest absolute Gasteiger partial charge is 0.234 e. The van der Waals surface area contributed by atoms with Gasteiger partial charge >= 0.3 is 0 Å². The van der Waals surface area contributed by atoms with Crippen molar-refractivity contribution in [2.24, 2.45) is 0 Å². The monoisotopic (exact) mass is 454 g/mol. The van der Waals surface area contributed by atoms with Crippen LogP contribution in [0.25, 0.3) is 11.4 Å². The quantitative estimate of drug-likeness (QED) is 0.479. The molecule has 0 spiro atoms. The van der Waals surface area contributed by atoms with E-state index in [0.717, 1.165) is 30.7 Å². The van der Waals surface area contributed by atoms with Crippen LogP contribution in [0.3, 0.4) is 0 Å². The second-order valence-electron chi connectivity index (χ2n) is 8.18. The van der Waals surface area contributed by atoms with Crippen LogP contribution in [0.5, 0.6) is 0 Å². The van der Waals surface area contributed by atoms with E-state index in [1.807, 2.05) is 22.8 Å². The highest BCUT2D eigenvalue weighted by atomic mass is 32.2. The third-order valence-corrected chi connectivity index (χ3v) is 6.37. The third-order valence-electron chi connectivity index (χ3n) is 5.40. The lowest BCUT2D eigenvalue weighted by molar-refractivity contribution is -0.113. The standard InChI is InChI=1S/C24H27FN4O2S/c1-16(2)18-5-3-6-20(13-18)26-22(30)15-32-24-28-27-23(17-8-10-19(25)11-9-17)29(24)14-21-7-4-12-31-21/h3,5-6,8-11,13,16,21H,4,7,12,14-15H2,1-2H3,(H,26,30). The molecule has 1 aromatic heterocycles. The molecule has 0 saturated carbocycles. The molecule has 2 aromatic carbocycles. The number of carbonyl (C=O) groups excluding carboxylic acids is 1. The fraction of sp³-hybridized carbons (Fsp3) is 0.375. The van der Waals surface area contributed by atoms with Crippen LogP contribution in [0, 0.1) is 5.82 Å². The predicted molar refractivity (Wildman–Crippen MR) is 124 cm³/mol. The first kappa shape index (κ1) is 22.5. The van der Waals surface area contributed by atoms with Gasteiger partial charge in [0.15, 0.2) is 11.0 Å². The fourth-order valence-electron chi connectivity index (χ4n) is 3.67. The van der Waals surface area contributed by atoms with Gasteiger partial charge in [-0.3, -0.25) is 9.36 Å². The van der Waals surface area contributed by atoms with Gasteiger partial charge in [0.1, 0.15) is 5.82 Å². The SMILES string of the molecule is CC(C)c1cccc(NC(=O)CSc2nnc(-c3ccc(F)cc3)n2CC2CCCO2)c1. The minimum Gasteiger partial charge on any atom is -0.376 e. The van der Waals surface area contributed by atoms with Gasteiger partial charge in [-0.2, -0.15) is 0 Å². The van der Waals surface area contributed by atoms with Gasteiger partial charge in [-0.05, 0) is 60.7 Å². The van der Waals surface area contributed by atoms with Crippen molar-refractivity contribution in [1.82, 2.24) is 14.8 Å². The molecule has 4 rings (SSSR count). The molecule has 1 amide bonds. The van der Waals surface area contributed by atoms with Crippen molar-refractivity contribution in [1.29, 1.82) is 0 Å². The number of benzene rings is 2. The summed E-state index contributed by atoms with van der Waals surface area (Å²) < 4.78 is 21.2. The van der Waals surface area contributed by atoms with Crippen molar-refractivity contribution >= 4 is 23.4 Å². The van der Waals surface area contributed by atoms with Crippen molar-refractivity contribution < 1.29 is 13.9 Å². The molecule has 1 saturated heterocycles. The van der Waals surface area contributed by atoms with Gasteiger partial charge in [0, 0.05) is 17.9 Å². The number of anilines is 1. The van der Waals surface area contributed by atoms with E-state index in [1.165, 1.54) is 29.5 Å². The van der Waals surface area contributed by atoms with Gasteiger partial charge in [-0.25, -0.2) is 4.39 Å². The van der Waals surface area contributed by atoms with E-state index in [1.54, 1.807) is 12.1 Å². The first-order valence-corrected chi connectivity index (χ1v) is 11.8. The molecule has 1 N–H and O–H groups in total. The lowest BCUT2D eigenvalue weighted by Crippen LogP contribution is -2.18. The Hall–Kier alpha value is -2.71. The lowest BCUT2D eigenvalue weighted by atomic mass is 10.0. The summed E-state index contributed by atoms with van der Waals surface area (Å²) in [6.07, 6.45) is 2.08. The highest BCUT2D eigenvalue weighted by molar-refractivity contribution is 7.99. The van der Waals surface area contributed by atoms with E-state index in [9.17, 15) is 9.18 Å². The number of thioether (sulfide) groups is 1. The van der Waals surface area contributed by atoms with Gasteiger partial charge in [-0.15, -0.1) is 10.2 Å². The summed E-state index contributed by atoms with van der Waals surface area (Å²) in [5, 5.41) is 12.3. The molecule has 0 bridgehead atoms. The molecule has 0 aliphatic carbocycles. The first-order valence-electron chi connectivity index (χ1n) is 10.8. The molecule has 1 atom stereocenters. The average molecular weight is 455 g/mol. The topological polar surface area (TPSA) is 69.0 Å². The Labute approximate surface area is 191 Å². The van der Waals surface area contributed by atoms with Crippen LogP contribution in [-0.2, 0) is 16.1 Å². The molecule has 1 unspecified atom stereocenters. The predicted octanol–water partition coefficient (Wildman–Crippen LogP) is 5.12. The van der Waals surface area contributed by atoms with Gasteiger partial charge in [0.25, 0.3) is 0 Å². The van der Waals surface area contributed by atoms with E-state index in [-0.39, 0.29) is 23.6 Å². The number of hydrogen-bond donors (Lipinski definition) is 1. The highest BCUT2D eigenvalue weighted by Crippen LogP contribution is 2.27. The Morgan fingerprint density at radius 1 is 1.25 bits per heavy atom. The molecule has 1 aliphatic rings. The van der Waals surface area contributed by atoms with Crippen LogP contribution in [0.2, 0.25) is 0 Å². The van der Waals surface area contributed by atoms with Crippen molar-refractivity contribution in [2.45, 2.75) is 50.4 Å². The largest absolute Gasteiger partial charge is 0.376 e.